The highest BCUT2D eigenvalue weighted by Crippen LogP contribution is 2.26. The number of anilines is 1. The largest absolute Gasteiger partial charge is 0.504 e. The topological polar surface area (TPSA) is 84.9 Å². The molecule has 1 amide bonds. The molecule has 0 aliphatic carbocycles. The van der Waals surface area contributed by atoms with Crippen molar-refractivity contribution in [2.45, 2.75) is 0 Å². The lowest BCUT2D eigenvalue weighted by Crippen LogP contribution is -2.20. The Labute approximate surface area is 143 Å². The van der Waals surface area contributed by atoms with Gasteiger partial charge in [-0.3, -0.25) is 4.79 Å². The van der Waals surface area contributed by atoms with Gasteiger partial charge in [-0.05, 0) is 42.0 Å². The molecule has 0 heterocycles. The van der Waals surface area contributed by atoms with Crippen LogP contribution in [0.15, 0.2) is 48.5 Å². The Morgan fingerprint density at radius 2 is 2.04 bits per heavy atom. The molecule has 2 aromatic carbocycles. The first-order valence-corrected chi connectivity index (χ1v) is 7.25. The maximum Gasteiger partial charge on any atom is 0.331 e. The lowest BCUT2D eigenvalue weighted by atomic mass is 10.2. The molecule has 0 unspecified atom stereocenters. The maximum atomic E-state index is 13.0. The van der Waals surface area contributed by atoms with Gasteiger partial charge < -0.3 is 19.9 Å². The van der Waals surface area contributed by atoms with Gasteiger partial charge in [0.1, 0.15) is 5.82 Å². The molecular formula is C18H16FNO5. The summed E-state index contributed by atoms with van der Waals surface area (Å²) in [4.78, 5) is 23.3. The second-order valence-electron chi connectivity index (χ2n) is 4.93. The molecule has 25 heavy (non-hydrogen) atoms. The lowest BCUT2D eigenvalue weighted by molar-refractivity contribution is -0.142. The fourth-order valence-electron chi connectivity index (χ4n) is 1.91. The number of hydrogen-bond acceptors (Lipinski definition) is 5. The number of halogens is 1. The number of rotatable bonds is 6. The zero-order valence-corrected chi connectivity index (χ0v) is 13.4. The van der Waals surface area contributed by atoms with E-state index in [-0.39, 0.29) is 17.2 Å². The highest BCUT2D eigenvalue weighted by Gasteiger charge is 2.06. The van der Waals surface area contributed by atoms with Gasteiger partial charge in [0.2, 0.25) is 0 Å². The van der Waals surface area contributed by atoms with Crippen molar-refractivity contribution in [1.82, 2.24) is 0 Å². The van der Waals surface area contributed by atoms with Gasteiger partial charge in [0, 0.05) is 11.8 Å². The number of carbonyl (C=O) groups is 2. The Balaban J connectivity index is 1.84. The molecule has 7 heteroatoms. The van der Waals surface area contributed by atoms with Gasteiger partial charge in [-0.1, -0.05) is 12.1 Å². The van der Waals surface area contributed by atoms with Gasteiger partial charge in [-0.15, -0.1) is 0 Å². The van der Waals surface area contributed by atoms with E-state index in [2.05, 4.69) is 5.32 Å². The molecule has 2 N–H and O–H groups in total. The van der Waals surface area contributed by atoms with E-state index in [1.807, 2.05) is 0 Å². The van der Waals surface area contributed by atoms with Crippen molar-refractivity contribution in [2.24, 2.45) is 0 Å². The van der Waals surface area contributed by atoms with Crippen LogP contribution in [0.25, 0.3) is 6.08 Å². The summed E-state index contributed by atoms with van der Waals surface area (Å²) in [6.07, 6.45) is 2.59. The Kier molecular flexibility index (Phi) is 6.11. The normalized spacial score (nSPS) is 10.5. The van der Waals surface area contributed by atoms with Crippen LogP contribution in [0.5, 0.6) is 11.5 Å². The Hall–Kier alpha value is -3.35. The monoisotopic (exact) mass is 345 g/mol. The first-order chi connectivity index (χ1) is 12.0. The minimum Gasteiger partial charge on any atom is -0.504 e. The zero-order chi connectivity index (χ0) is 18.2. The summed E-state index contributed by atoms with van der Waals surface area (Å²) in [6, 6.07) is 9.91. The number of amides is 1. The Morgan fingerprint density at radius 3 is 2.76 bits per heavy atom. The predicted octanol–water partition coefficient (Wildman–Crippen LogP) is 2.74. The first-order valence-electron chi connectivity index (χ1n) is 7.25. The molecule has 0 fully saturated rings. The molecule has 0 aliphatic rings. The maximum absolute atomic E-state index is 13.0. The van der Waals surface area contributed by atoms with Crippen LogP contribution in [0.2, 0.25) is 0 Å². The summed E-state index contributed by atoms with van der Waals surface area (Å²) >= 11 is 0. The molecule has 0 aromatic heterocycles. The first kappa shape index (κ1) is 18.0. The molecule has 6 nitrogen and oxygen atoms in total. The van der Waals surface area contributed by atoms with Gasteiger partial charge in [-0.2, -0.15) is 0 Å². The summed E-state index contributed by atoms with van der Waals surface area (Å²) in [7, 11) is 1.41. The SMILES string of the molecule is COc1cc(/C=C/C(=O)OCC(=O)Nc2cccc(F)c2)ccc1O. The van der Waals surface area contributed by atoms with Crippen molar-refractivity contribution in [1.29, 1.82) is 0 Å². The number of hydrogen-bond donors (Lipinski definition) is 2. The zero-order valence-electron chi connectivity index (χ0n) is 13.4. The third-order valence-corrected chi connectivity index (χ3v) is 3.07. The van der Waals surface area contributed by atoms with Gasteiger partial charge in [0.15, 0.2) is 18.1 Å². The molecule has 0 saturated heterocycles. The standard InChI is InChI=1S/C18H16FNO5/c1-24-16-9-12(5-7-15(16)21)6-8-18(23)25-11-17(22)20-14-4-2-3-13(19)10-14/h2-10,21H,11H2,1H3,(H,20,22)/b8-6+. The number of methoxy groups -OCH3 is 1. The quantitative estimate of drug-likeness (QED) is 0.621. The van der Waals surface area contributed by atoms with Crippen LogP contribution in [0.4, 0.5) is 10.1 Å². The van der Waals surface area contributed by atoms with Crippen LogP contribution >= 0.6 is 0 Å². The number of carbonyl (C=O) groups excluding carboxylic acids is 2. The summed E-state index contributed by atoms with van der Waals surface area (Å²) in [6.45, 7) is -0.501. The van der Waals surface area contributed by atoms with Gasteiger partial charge >= 0.3 is 5.97 Å². The van der Waals surface area contributed by atoms with Crippen LogP contribution in [0, 0.1) is 5.82 Å². The van der Waals surface area contributed by atoms with E-state index < -0.39 is 24.3 Å². The number of phenolic OH excluding ortho intramolecular Hbond substituents is 1. The number of benzene rings is 2. The molecule has 0 saturated carbocycles. The van der Waals surface area contributed by atoms with E-state index in [9.17, 15) is 19.1 Å². The van der Waals surface area contributed by atoms with Crippen molar-refractivity contribution in [3.8, 4) is 11.5 Å². The number of nitrogens with one attached hydrogen (secondary N) is 1. The molecule has 0 atom stereocenters. The van der Waals surface area contributed by atoms with E-state index >= 15 is 0 Å². The number of ether oxygens (including phenoxy) is 2. The lowest BCUT2D eigenvalue weighted by Gasteiger charge is -2.05. The van der Waals surface area contributed by atoms with Gasteiger partial charge in [0.25, 0.3) is 5.91 Å². The molecule has 2 rings (SSSR count). The Morgan fingerprint density at radius 1 is 1.24 bits per heavy atom. The molecule has 130 valence electrons. The summed E-state index contributed by atoms with van der Waals surface area (Å²) < 4.78 is 22.8. The highest BCUT2D eigenvalue weighted by atomic mass is 19.1. The van der Waals surface area contributed by atoms with Crippen LogP contribution < -0.4 is 10.1 Å². The smallest absolute Gasteiger partial charge is 0.331 e. The van der Waals surface area contributed by atoms with Gasteiger partial charge in [-0.25, -0.2) is 9.18 Å². The molecule has 0 aliphatic heterocycles. The van der Waals surface area contributed by atoms with Crippen molar-refractivity contribution in [3.63, 3.8) is 0 Å². The average Bonchev–Trinajstić information content (AvgIpc) is 2.59. The molecule has 0 bridgehead atoms. The second-order valence-corrected chi connectivity index (χ2v) is 4.93. The van der Waals surface area contributed by atoms with Crippen molar-refractivity contribution < 1.29 is 28.6 Å². The number of aromatic hydroxyl groups is 1. The second kappa shape index (κ2) is 8.49. The van der Waals surface area contributed by atoms with E-state index in [0.29, 0.717) is 5.56 Å². The van der Waals surface area contributed by atoms with E-state index in [4.69, 9.17) is 9.47 Å². The van der Waals surface area contributed by atoms with Crippen molar-refractivity contribution >= 4 is 23.6 Å². The Bertz CT molecular complexity index is 804. The van der Waals surface area contributed by atoms with E-state index in [0.717, 1.165) is 12.1 Å². The molecular weight excluding hydrogens is 329 g/mol. The van der Waals surface area contributed by atoms with Crippen LogP contribution in [-0.4, -0.2) is 30.7 Å². The van der Waals surface area contributed by atoms with Crippen LogP contribution in [-0.2, 0) is 14.3 Å². The highest BCUT2D eigenvalue weighted by molar-refractivity contribution is 5.94. The van der Waals surface area contributed by atoms with Gasteiger partial charge in [0.05, 0.1) is 7.11 Å². The minimum absolute atomic E-state index is 0.0174. The average molecular weight is 345 g/mol. The molecule has 0 spiro atoms. The minimum atomic E-state index is -0.721. The summed E-state index contributed by atoms with van der Waals surface area (Å²) in [5.74, 6) is -1.54. The summed E-state index contributed by atoms with van der Waals surface area (Å²) in [5.41, 5.74) is 0.878. The summed E-state index contributed by atoms with van der Waals surface area (Å²) in [5, 5.41) is 11.9. The molecule has 2 aromatic rings. The fraction of sp³-hybridized carbons (Fsp3) is 0.111. The number of phenols is 1. The predicted molar refractivity (Wildman–Crippen MR) is 89.7 cm³/mol. The van der Waals surface area contributed by atoms with Crippen molar-refractivity contribution in [3.05, 3.63) is 59.9 Å². The van der Waals surface area contributed by atoms with E-state index in [1.54, 1.807) is 6.07 Å². The third kappa shape index (κ3) is 5.65. The number of esters is 1. The van der Waals surface area contributed by atoms with Crippen LogP contribution in [0.3, 0.4) is 0 Å². The third-order valence-electron chi connectivity index (χ3n) is 3.07. The fourth-order valence-corrected chi connectivity index (χ4v) is 1.91. The van der Waals surface area contributed by atoms with E-state index in [1.165, 1.54) is 43.5 Å². The van der Waals surface area contributed by atoms with Crippen molar-refractivity contribution in [2.75, 3.05) is 19.0 Å². The van der Waals surface area contributed by atoms with Crippen LogP contribution in [0.1, 0.15) is 5.56 Å². The molecule has 0 radical (unpaired) electrons.